The normalized spacial score (nSPS) is 16.5. The smallest absolute Gasteiger partial charge is 0.243 e. The summed E-state index contributed by atoms with van der Waals surface area (Å²) in [6.07, 6.45) is 0. The summed E-state index contributed by atoms with van der Waals surface area (Å²) in [6, 6.07) is 12.2. The highest BCUT2D eigenvalue weighted by molar-refractivity contribution is 7.89. The number of nitrogens with zero attached hydrogens (tertiary/aromatic N) is 1. The van der Waals surface area contributed by atoms with Gasteiger partial charge < -0.3 is 9.64 Å². The van der Waals surface area contributed by atoms with Crippen molar-refractivity contribution in [3.8, 4) is 5.75 Å². The molecule has 1 aliphatic heterocycles. The van der Waals surface area contributed by atoms with Crippen LogP contribution in [0.3, 0.4) is 0 Å². The first-order chi connectivity index (χ1) is 12.4. The van der Waals surface area contributed by atoms with Crippen LogP contribution in [0.15, 0.2) is 53.4 Å². The number of rotatable bonds is 6. The highest BCUT2D eigenvalue weighted by Gasteiger charge is 2.30. The average molecular weight is 400 g/mol. The van der Waals surface area contributed by atoms with Crippen LogP contribution in [0.1, 0.15) is 0 Å². The van der Waals surface area contributed by atoms with Crippen molar-refractivity contribution in [3.63, 3.8) is 0 Å². The van der Waals surface area contributed by atoms with Gasteiger partial charge in [-0.25, -0.2) is 12.8 Å². The zero-order valence-electron chi connectivity index (χ0n) is 14.2. The number of sulfonamides is 1. The minimum absolute atomic E-state index is 0.133. The van der Waals surface area contributed by atoms with Crippen LogP contribution in [-0.2, 0) is 10.0 Å². The third-order valence-electron chi connectivity index (χ3n) is 4.42. The van der Waals surface area contributed by atoms with Crippen molar-refractivity contribution < 1.29 is 22.4 Å². The molecule has 1 saturated heterocycles. The van der Waals surface area contributed by atoms with Gasteiger partial charge in [-0.15, -0.1) is 0 Å². The Hall–Kier alpha value is -1.67. The van der Waals surface area contributed by atoms with E-state index in [0.29, 0.717) is 37.8 Å². The Morgan fingerprint density at radius 3 is 2.27 bits per heavy atom. The molecule has 0 bridgehead atoms. The summed E-state index contributed by atoms with van der Waals surface area (Å²) in [5.41, 5.74) is 0. The summed E-state index contributed by atoms with van der Waals surface area (Å²) in [5, 5.41) is 0.668. The second-order valence-electron chi connectivity index (χ2n) is 6.16. The van der Waals surface area contributed by atoms with Crippen LogP contribution in [-0.4, -0.2) is 52.1 Å². The number of halogens is 2. The number of nitrogens with one attached hydrogen (secondary N) is 1. The number of piperazine rings is 1. The molecule has 1 aliphatic rings. The molecule has 1 heterocycles. The molecule has 2 aromatic carbocycles. The molecule has 3 rings (SSSR count). The fourth-order valence-electron chi connectivity index (χ4n) is 2.89. The highest BCUT2D eigenvalue weighted by Crippen LogP contribution is 2.16. The number of quaternary nitrogens is 1. The lowest BCUT2D eigenvalue weighted by Crippen LogP contribution is -3.15. The van der Waals surface area contributed by atoms with Gasteiger partial charge in [0.1, 0.15) is 24.7 Å². The van der Waals surface area contributed by atoms with Crippen molar-refractivity contribution in [1.82, 2.24) is 4.31 Å². The van der Waals surface area contributed by atoms with Crippen LogP contribution in [0.2, 0.25) is 5.02 Å². The van der Waals surface area contributed by atoms with Gasteiger partial charge in [0.2, 0.25) is 10.0 Å². The second-order valence-corrected chi connectivity index (χ2v) is 8.53. The molecule has 1 fully saturated rings. The maximum atomic E-state index is 13.0. The van der Waals surface area contributed by atoms with E-state index in [-0.39, 0.29) is 4.90 Å². The summed E-state index contributed by atoms with van der Waals surface area (Å²) in [5.74, 6) is 0.324. The van der Waals surface area contributed by atoms with E-state index in [1.807, 2.05) is 12.1 Å². The van der Waals surface area contributed by atoms with E-state index in [9.17, 15) is 12.8 Å². The maximum absolute atomic E-state index is 13.0. The largest absolute Gasteiger partial charge is 0.488 e. The summed E-state index contributed by atoms with van der Waals surface area (Å²) >= 11 is 5.84. The van der Waals surface area contributed by atoms with E-state index in [2.05, 4.69) is 0 Å². The molecule has 8 heteroatoms. The lowest BCUT2D eigenvalue weighted by molar-refractivity contribution is -0.903. The summed E-state index contributed by atoms with van der Waals surface area (Å²) in [7, 11) is -3.56. The molecule has 0 saturated carbocycles. The van der Waals surface area contributed by atoms with Crippen molar-refractivity contribution >= 4 is 21.6 Å². The fraction of sp³-hybridized carbons (Fsp3) is 0.333. The van der Waals surface area contributed by atoms with Crippen molar-refractivity contribution in [2.75, 3.05) is 39.3 Å². The van der Waals surface area contributed by atoms with Crippen molar-refractivity contribution in [2.24, 2.45) is 0 Å². The minimum Gasteiger partial charge on any atom is -0.488 e. The van der Waals surface area contributed by atoms with E-state index in [1.165, 1.54) is 33.5 Å². The van der Waals surface area contributed by atoms with E-state index in [0.717, 1.165) is 12.3 Å². The van der Waals surface area contributed by atoms with Crippen LogP contribution in [0, 0.1) is 5.82 Å². The summed E-state index contributed by atoms with van der Waals surface area (Å²) < 4.78 is 45.3. The molecule has 5 nitrogen and oxygen atoms in total. The number of hydrogen-bond acceptors (Lipinski definition) is 3. The van der Waals surface area contributed by atoms with Crippen LogP contribution < -0.4 is 9.64 Å². The molecular weight excluding hydrogens is 379 g/mol. The van der Waals surface area contributed by atoms with E-state index >= 15 is 0 Å². The molecule has 26 heavy (non-hydrogen) atoms. The standard InChI is InChI=1S/C18H20ClFN2O3S/c19-15-1-5-17(6-2-15)25-14-13-21-9-11-22(12-10-21)26(23,24)18-7-3-16(20)4-8-18/h1-8H,9-14H2/p+1. The Morgan fingerprint density at radius 1 is 1.04 bits per heavy atom. The molecule has 0 spiro atoms. The van der Waals surface area contributed by atoms with Gasteiger partial charge in [0.05, 0.1) is 31.1 Å². The number of ether oxygens (including phenoxy) is 1. The molecule has 0 aromatic heterocycles. The first kappa shape index (κ1) is 19.1. The van der Waals surface area contributed by atoms with Crippen LogP contribution in [0.25, 0.3) is 0 Å². The molecule has 0 amide bonds. The zero-order valence-corrected chi connectivity index (χ0v) is 15.8. The van der Waals surface area contributed by atoms with Gasteiger partial charge in [0.15, 0.2) is 0 Å². The van der Waals surface area contributed by atoms with Crippen molar-refractivity contribution in [1.29, 1.82) is 0 Å². The SMILES string of the molecule is O=S(=O)(c1ccc(F)cc1)N1CC[NH+](CCOc2ccc(Cl)cc2)CC1. The topological polar surface area (TPSA) is 51.0 Å². The van der Waals surface area contributed by atoms with Crippen LogP contribution in [0.5, 0.6) is 5.75 Å². The minimum atomic E-state index is -3.56. The molecule has 0 aliphatic carbocycles. The Bertz CT molecular complexity index is 821. The molecule has 140 valence electrons. The van der Waals surface area contributed by atoms with Crippen molar-refractivity contribution in [2.45, 2.75) is 4.90 Å². The highest BCUT2D eigenvalue weighted by atomic mass is 35.5. The summed E-state index contributed by atoms with van der Waals surface area (Å²) in [4.78, 5) is 1.43. The Labute approximate surface area is 158 Å². The van der Waals surface area contributed by atoms with Gasteiger partial charge in [-0.1, -0.05) is 11.6 Å². The molecular formula is C18H21ClFN2O3S+. The monoisotopic (exact) mass is 399 g/mol. The van der Waals surface area contributed by atoms with Gasteiger partial charge in [-0.2, -0.15) is 4.31 Å². The lowest BCUT2D eigenvalue weighted by Gasteiger charge is -2.31. The Morgan fingerprint density at radius 2 is 1.65 bits per heavy atom. The molecule has 0 atom stereocenters. The summed E-state index contributed by atoms with van der Waals surface area (Å²) in [6.45, 7) is 3.66. The van der Waals surface area contributed by atoms with E-state index in [1.54, 1.807) is 12.1 Å². The second kappa shape index (κ2) is 8.35. The first-order valence-electron chi connectivity index (χ1n) is 8.43. The van der Waals surface area contributed by atoms with E-state index in [4.69, 9.17) is 16.3 Å². The maximum Gasteiger partial charge on any atom is 0.243 e. The van der Waals surface area contributed by atoms with Gasteiger partial charge in [-0.3, -0.25) is 0 Å². The predicted molar refractivity (Wildman–Crippen MR) is 97.7 cm³/mol. The van der Waals surface area contributed by atoms with Gasteiger partial charge in [-0.05, 0) is 48.5 Å². The van der Waals surface area contributed by atoms with Crippen LogP contribution >= 0.6 is 11.6 Å². The predicted octanol–water partition coefficient (Wildman–Crippen LogP) is 1.45. The third-order valence-corrected chi connectivity index (χ3v) is 6.58. The average Bonchev–Trinajstić information content (AvgIpc) is 2.64. The van der Waals surface area contributed by atoms with Gasteiger partial charge >= 0.3 is 0 Å². The lowest BCUT2D eigenvalue weighted by atomic mass is 10.3. The third kappa shape index (κ3) is 4.73. The number of benzene rings is 2. The van der Waals surface area contributed by atoms with E-state index < -0.39 is 15.8 Å². The van der Waals surface area contributed by atoms with Gasteiger partial charge in [0, 0.05) is 5.02 Å². The molecule has 2 aromatic rings. The zero-order chi connectivity index (χ0) is 18.6. The molecule has 0 unspecified atom stereocenters. The first-order valence-corrected chi connectivity index (χ1v) is 10.2. The Balaban J connectivity index is 1.47. The quantitative estimate of drug-likeness (QED) is 0.799. The van der Waals surface area contributed by atoms with Gasteiger partial charge in [0.25, 0.3) is 0 Å². The Kier molecular flexibility index (Phi) is 6.13. The number of hydrogen-bond donors (Lipinski definition) is 1. The van der Waals surface area contributed by atoms with Crippen LogP contribution in [0.4, 0.5) is 4.39 Å². The molecule has 1 N–H and O–H groups in total. The fourth-order valence-corrected chi connectivity index (χ4v) is 4.46. The van der Waals surface area contributed by atoms with Crippen molar-refractivity contribution in [3.05, 3.63) is 59.4 Å². The molecule has 0 radical (unpaired) electrons.